The quantitative estimate of drug-likeness (QED) is 0.806. The molecule has 0 saturated carbocycles. The number of carbonyl (C=O) groups excluding carboxylic acids is 2. The number of nitrogens with two attached hydrogens (primary N) is 1. The fourth-order valence-electron chi connectivity index (χ4n) is 2.68. The molecule has 0 radical (unpaired) electrons. The highest BCUT2D eigenvalue weighted by Crippen LogP contribution is 2.20. The molecule has 1 saturated heterocycles. The molecule has 1 aliphatic heterocycles. The monoisotopic (exact) mass is 305 g/mol. The summed E-state index contributed by atoms with van der Waals surface area (Å²) >= 11 is 0. The van der Waals surface area contributed by atoms with Gasteiger partial charge in [0.2, 0.25) is 11.8 Å². The summed E-state index contributed by atoms with van der Waals surface area (Å²) in [5, 5.41) is 0. The van der Waals surface area contributed by atoms with Gasteiger partial charge < -0.3 is 15.5 Å². The molecule has 2 amide bonds. The van der Waals surface area contributed by atoms with E-state index >= 15 is 0 Å². The van der Waals surface area contributed by atoms with Crippen molar-refractivity contribution >= 4 is 24.2 Å². The van der Waals surface area contributed by atoms with Crippen molar-refractivity contribution in [3.05, 3.63) is 0 Å². The van der Waals surface area contributed by atoms with Crippen molar-refractivity contribution in [3.8, 4) is 0 Å². The van der Waals surface area contributed by atoms with E-state index in [0.717, 1.165) is 19.3 Å². The third-order valence-corrected chi connectivity index (χ3v) is 3.81. The predicted octanol–water partition coefficient (Wildman–Crippen LogP) is 1.39. The average molecular weight is 306 g/mol. The molecule has 6 heteroatoms. The van der Waals surface area contributed by atoms with E-state index in [2.05, 4.69) is 0 Å². The summed E-state index contributed by atoms with van der Waals surface area (Å²) in [6.07, 6.45) is 3.22. The van der Waals surface area contributed by atoms with Gasteiger partial charge in [-0.25, -0.2) is 0 Å². The Labute approximate surface area is 128 Å². The number of rotatable bonds is 6. The Morgan fingerprint density at radius 1 is 1.30 bits per heavy atom. The largest absolute Gasteiger partial charge is 0.341 e. The molecule has 1 heterocycles. The molecule has 0 aromatic rings. The van der Waals surface area contributed by atoms with Gasteiger partial charge in [-0.05, 0) is 33.1 Å². The average Bonchev–Trinajstić information content (AvgIpc) is 2.88. The maximum atomic E-state index is 12.4. The lowest BCUT2D eigenvalue weighted by molar-refractivity contribution is -0.144. The smallest absolute Gasteiger partial charge is 0.245 e. The van der Waals surface area contributed by atoms with Crippen LogP contribution in [0.4, 0.5) is 0 Å². The highest BCUT2D eigenvalue weighted by atomic mass is 35.5. The molecular weight excluding hydrogens is 278 g/mol. The van der Waals surface area contributed by atoms with Crippen molar-refractivity contribution in [3.63, 3.8) is 0 Å². The van der Waals surface area contributed by atoms with E-state index < -0.39 is 6.04 Å². The second-order valence-corrected chi connectivity index (χ2v) is 5.10. The minimum Gasteiger partial charge on any atom is -0.341 e. The van der Waals surface area contributed by atoms with Crippen molar-refractivity contribution in [2.75, 3.05) is 19.6 Å². The Kier molecular flexibility index (Phi) is 8.81. The maximum Gasteiger partial charge on any atom is 0.245 e. The van der Waals surface area contributed by atoms with Gasteiger partial charge in [-0.3, -0.25) is 9.59 Å². The molecule has 1 rings (SSSR count). The first-order chi connectivity index (χ1) is 9.06. The lowest BCUT2D eigenvalue weighted by atomic mass is 10.1. The number of amides is 2. The topological polar surface area (TPSA) is 66.6 Å². The van der Waals surface area contributed by atoms with Crippen molar-refractivity contribution in [1.82, 2.24) is 9.80 Å². The molecule has 0 aliphatic carbocycles. The molecule has 1 fully saturated rings. The van der Waals surface area contributed by atoms with E-state index in [-0.39, 0.29) is 30.3 Å². The van der Waals surface area contributed by atoms with Crippen LogP contribution in [0.5, 0.6) is 0 Å². The Hall–Kier alpha value is -0.810. The number of likely N-dealkylation sites (tertiary alicyclic amines) is 1. The molecule has 20 heavy (non-hydrogen) atoms. The van der Waals surface area contributed by atoms with Crippen molar-refractivity contribution in [2.45, 2.75) is 58.5 Å². The second-order valence-electron chi connectivity index (χ2n) is 5.10. The van der Waals surface area contributed by atoms with E-state index in [0.29, 0.717) is 26.1 Å². The van der Waals surface area contributed by atoms with Crippen LogP contribution in [0.1, 0.15) is 46.5 Å². The van der Waals surface area contributed by atoms with Gasteiger partial charge >= 0.3 is 0 Å². The normalized spacial score (nSPS) is 19.4. The number of hydrogen-bond donors (Lipinski definition) is 1. The van der Waals surface area contributed by atoms with E-state index in [1.54, 1.807) is 9.80 Å². The minimum absolute atomic E-state index is 0. The van der Waals surface area contributed by atoms with Gasteiger partial charge in [0.1, 0.15) is 6.04 Å². The summed E-state index contributed by atoms with van der Waals surface area (Å²) in [7, 11) is 0. The third-order valence-electron chi connectivity index (χ3n) is 3.81. The van der Waals surface area contributed by atoms with Gasteiger partial charge in [-0.2, -0.15) is 0 Å². The second kappa shape index (κ2) is 9.19. The Bertz CT molecular complexity index is 322. The van der Waals surface area contributed by atoms with Gasteiger partial charge in [0.25, 0.3) is 0 Å². The van der Waals surface area contributed by atoms with E-state index in [9.17, 15) is 9.59 Å². The zero-order valence-corrected chi connectivity index (χ0v) is 13.6. The van der Waals surface area contributed by atoms with Crippen LogP contribution in [-0.4, -0.2) is 53.3 Å². The van der Waals surface area contributed by atoms with E-state index in [1.165, 1.54) is 0 Å². The SMILES string of the molecule is CCCC(N)C(=O)N1CCCC1C(=O)N(CC)CC.Cl. The number of likely N-dealkylation sites (N-methyl/N-ethyl adjacent to an activating group) is 1. The maximum absolute atomic E-state index is 12.4. The predicted molar refractivity (Wildman–Crippen MR) is 82.8 cm³/mol. The fourth-order valence-corrected chi connectivity index (χ4v) is 2.68. The summed E-state index contributed by atoms with van der Waals surface area (Å²) in [6.45, 7) is 7.98. The number of nitrogens with zero attached hydrogens (tertiary/aromatic N) is 2. The van der Waals surface area contributed by atoms with Crippen LogP contribution in [0.25, 0.3) is 0 Å². The number of halogens is 1. The third kappa shape index (κ3) is 4.35. The lowest BCUT2D eigenvalue weighted by Crippen LogP contribution is -2.52. The van der Waals surface area contributed by atoms with E-state index in [4.69, 9.17) is 5.73 Å². The number of carbonyl (C=O) groups is 2. The summed E-state index contributed by atoms with van der Waals surface area (Å²) in [5.74, 6) is 0.00408. The highest BCUT2D eigenvalue weighted by Gasteiger charge is 2.37. The molecule has 0 aromatic carbocycles. The van der Waals surface area contributed by atoms with Gasteiger partial charge in [-0.1, -0.05) is 13.3 Å². The fraction of sp³-hybridized carbons (Fsp3) is 0.857. The van der Waals surface area contributed by atoms with Gasteiger partial charge in [0, 0.05) is 19.6 Å². The van der Waals surface area contributed by atoms with E-state index in [1.807, 2.05) is 20.8 Å². The zero-order valence-electron chi connectivity index (χ0n) is 12.8. The Morgan fingerprint density at radius 2 is 1.90 bits per heavy atom. The van der Waals surface area contributed by atoms with Crippen LogP contribution >= 0.6 is 12.4 Å². The summed E-state index contributed by atoms with van der Waals surface area (Å²) < 4.78 is 0. The Balaban J connectivity index is 0.00000361. The molecule has 0 spiro atoms. The van der Waals surface area contributed by atoms with Crippen molar-refractivity contribution < 1.29 is 9.59 Å². The molecule has 0 aromatic heterocycles. The first-order valence-electron chi connectivity index (χ1n) is 7.41. The van der Waals surface area contributed by atoms with Crippen LogP contribution in [0.2, 0.25) is 0 Å². The first kappa shape index (κ1) is 19.2. The van der Waals surface area contributed by atoms with Gasteiger partial charge in [0.05, 0.1) is 6.04 Å². The van der Waals surface area contributed by atoms with Crippen LogP contribution in [0.15, 0.2) is 0 Å². The van der Waals surface area contributed by atoms with Crippen molar-refractivity contribution in [1.29, 1.82) is 0 Å². The molecule has 1 aliphatic rings. The van der Waals surface area contributed by atoms with Crippen LogP contribution < -0.4 is 5.73 Å². The first-order valence-corrected chi connectivity index (χ1v) is 7.41. The summed E-state index contributed by atoms with van der Waals surface area (Å²) in [5.41, 5.74) is 5.89. The number of hydrogen-bond acceptors (Lipinski definition) is 3. The highest BCUT2D eigenvalue weighted by molar-refractivity contribution is 5.90. The Morgan fingerprint density at radius 3 is 2.40 bits per heavy atom. The summed E-state index contributed by atoms with van der Waals surface area (Å²) in [4.78, 5) is 28.2. The lowest BCUT2D eigenvalue weighted by Gasteiger charge is -2.30. The molecule has 2 N–H and O–H groups in total. The molecule has 0 bridgehead atoms. The van der Waals surface area contributed by atoms with Crippen LogP contribution in [0, 0.1) is 0 Å². The molecule has 2 atom stereocenters. The zero-order chi connectivity index (χ0) is 14.4. The molecule has 118 valence electrons. The van der Waals surface area contributed by atoms with Crippen molar-refractivity contribution in [2.24, 2.45) is 5.73 Å². The van der Waals surface area contributed by atoms with Crippen LogP contribution in [0.3, 0.4) is 0 Å². The van der Waals surface area contributed by atoms with Gasteiger partial charge in [-0.15, -0.1) is 12.4 Å². The van der Waals surface area contributed by atoms with Crippen LogP contribution in [-0.2, 0) is 9.59 Å². The molecular formula is C14H28ClN3O2. The van der Waals surface area contributed by atoms with Gasteiger partial charge in [0.15, 0.2) is 0 Å². The molecule has 5 nitrogen and oxygen atoms in total. The standard InChI is InChI=1S/C14H27N3O2.ClH/c1-4-8-11(15)13(18)17-10-7-9-12(17)14(19)16(5-2)6-3;/h11-12H,4-10,15H2,1-3H3;1H. The molecule has 2 unspecified atom stereocenters. The minimum atomic E-state index is -0.463. The summed E-state index contributed by atoms with van der Waals surface area (Å²) in [6, 6.07) is -0.759.